The molecule has 0 spiro atoms. The summed E-state index contributed by atoms with van der Waals surface area (Å²) in [6.45, 7) is 0. The molecule has 2 N–H and O–H groups in total. The maximum absolute atomic E-state index is 10.2. The first-order chi connectivity index (χ1) is 5.22. The fraction of sp³-hybridized carbons (Fsp3) is 0.125. The molecule has 1 rings (SSSR count). The zero-order valence-corrected chi connectivity index (χ0v) is 5.77. The predicted octanol–water partition coefficient (Wildman–Crippen LogP) is -0.112. The van der Waals surface area contributed by atoms with Gasteiger partial charge in [-0.2, -0.15) is 0 Å². The minimum absolute atomic E-state index is 0. The number of aliphatic hydroxyl groups is 1. The van der Waals surface area contributed by atoms with E-state index >= 15 is 0 Å². The zero-order chi connectivity index (χ0) is 8.27. The van der Waals surface area contributed by atoms with E-state index in [2.05, 4.69) is 0 Å². The van der Waals surface area contributed by atoms with Gasteiger partial charge in [-0.05, 0) is 5.56 Å². The summed E-state index contributed by atoms with van der Waals surface area (Å²) in [5.74, 6) is -1.23. The summed E-state index contributed by atoms with van der Waals surface area (Å²) < 4.78 is 0. The molecule has 0 aliphatic carbocycles. The molecule has 0 fully saturated rings. The van der Waals surface area contributed by atoms with Crippen molar-refractivity contribution in [2.24, 2.45) is 0 Å². The Morgan fingerprint density at radius 3 is 2.17 bits per heavy atom. The molecular weight excluding hydrogens is 184 g/mol. The second-order valence-electron chi connectivity index (χ2n) is 2.15. The van der Waals surface area contributed by atoms with Gasteiger partial charge in [0.1, 0.15) is 0 Å². The average molecular weight is 194 g/mol. The standard InChI is InChI=1S/C8H8O3.Ca.2H/c9-7(8(10)11)6-4-2-1-3-5-6;;;/h1-5,7,9H,(H,10,11);;;/t7-;;;/m1.../s1. The number of carboxylic acids is 1. The van der Waals surface area contributed by atoms with Crippen LogP contribution in [0.4, 0.5) is 0 Å². The number of aliphatic hydroxyl groups excluding tert-OH is 1. The van der Waals surface area contributed by atoms with Crippen molar-refractivity contribution in [2.75, 3.05) is 0 Å². The summed E-state index contributed by atoms with van der Waals surface area (Å²) in [5, 5.41) is 17.4. The zero-order valence-electron chi connectivity index (χ0n) is 5.77. The van der Waals surface area contributed by atoms with Gasteiger partial charge in [0.15, 0.2) is 6.10 Å². The van der Waals surface area contributed by atoms with E-state index in [0.29, 0.717) is 5.56 Å². The van der Waals surface area contributed by atoms with Gasteiger partial charge in [0.2, 0.25) is 0 Å². The van der Waals surface area contributed by atoms with E-state index in [1.165, 1.54) is 0 Å². The number of aliphatic carboxylic acids is 1. The molecule has 1 atom stereocenters. The van der Waals surface area contributed by atoms with Gasteiger partial charge in [-0.25, -0.2) is 4.79 Å². The van der Waals surface area contributed by atoms with E-state index in [1.54, 1.807) is 30.3 Å². The van der Waals surface area contributed by atoms with E-state index in [4.69, 9.17) is 10.2 Å². The summed E-state index contributed by atoms with van der Waals surface area (Å²) >= 11 is 0. The van der Waals surface area contributed by atoms with E-state index < -0.39 is 12.1 Å². The topological polar surface area (TPSA) is 57.5 Å². The number of carboxylic acid groups (broad SMARTS) is 1. The van der Waals surface area contributed by atoms with Crippen molar-refractivity contribution < 1.29 is 15.0 Å². The fourth-order valence-corrected chi connectivity index (χ4v) is 0.778. The molecule has 3 nitrogen and oxygen atoms in total. The third-order valence-electron chi connectivity index (χ3n) is 1.35. The molecule has 0 amide bonds. The molecule has 4 heteroatoms. The van der Waals surface area contributed by atoms with Gasteiger partial charge in [0.25, 0.3) is 0 Å². The maximum atomic E-state index is 10.2. The van der Waals surface area contributed by atoms with Crippen LogP contribution < -0.4 is 0 Å². The molecule has 0 radical (unpaired) electrons. The molecule has 0 aromatic heterocycles. The van der Waals surface area contributed by atoms with Crippen molar-refractivity contribution in [3.8, 4) is 0 Å². The third-order valence-corrected chi connectivity index (χ3v) is 1.35. The van der Waals surface area contributed by atoms with E-state index in [-0.39, 0.29) is 37.7 Å². The number of carbonyl (C=O) groups is 1. The Bertz CT molecular complexity index is 248. The van der Waals surface area contributed by atoms with Gasteiger partial charge in [-0.1, -0.05) is 30.3 Å². The Balaban J connectivity index is 0.00000121. The van der Waals surface area contributed by atoms with Crippen molar-refractivity contribution in [1.29, 1.82) is 0 Å². The third kappa shape index (κ3) is 3.11. The summed E-state index contributed by atoms with van der Waals surface area (Å²) in [7, 11) is 0. The van der Waals surface area contributed by atoms with Crippen LogP contribution in [0.2, 0.25) is 0 Å². The SMILES string of the molecule is O=C(O)[C@H](O)c1ccccc1.[CaH2]. The predicted molar refractivity (Wildman–Crippen MR) is 47.6 cm³/mol. The molecule has 1 aromatic carbocycles. The number of rotatable bonds is 2. The van der Waals surface area contributed by atoms with E-state index in [1.807, 2.05) is 0 Å². The summed E-state index contributed by atoms with van der Waals surface area (Å²) in [6.07, 6.45) is -1.41. The second-order valence-corrected chi connectivity index (χ2v) is 2.15. The van der Waals surface area contributed by atoms with Crippen LogP contribution in [0, 0.1) is 0 Å². The quantitative estimate of drug-likeness (QED) is 0.646. The first-order valence-corrected chi connectivity index (χ1v) is 3.17. The number of benzene rings is 1. The Morgan fingerprint density at radius 2 is 1.75 bits per heavy atom. The first-order valence-electron chi connectivity index (χ1n) is 3.17. The molecule has 12 heavy (non-hydrogen) atoms. The van der Waals surface area contributed by atoms with Crippen LogP contribution >= 0.6 is 0 Å². The molecule has 0 saturated carbocycles. The molecule has 0 heterocycles. The normalized spacial score (nSPS) is 11.4. The molecule has 0 bridgehead atoms. The van der Waals surface area contributed by atoms with Gasteiger partial charge in [0, 0.05) is 0 Å². The van der Waals surface area contributed by atoms with Crippen LogP contribution in [0.1, 0.15) is 11.7 Å². The van der Waals surface area contributed by atoms with Gasteiger partial charge >= 0.3 is 43.7 Å². The minimum atomic E-state index is -1.41. The van der Waals surface area contributed by atoms with Crippen LogP contribution in [0.5, 0.6) is 0 Å². The molecule has 0 unspecified atom stereocenters. The Kier molecular flexibility index (Phi) is 5.50. The van der Waals surface area contributed by atoms with Crippen LogP contribution in [0.3, 0.4) is 0 Å². The van der Waals surface area contributed by atoms with Crippen LogP contribution in [-0.4, -0.2) is 53.9 Å². The van der Waals surface area contributed by atoms with Crippen molar-refractivity contribution in [3.63, 3.8) is 0 Å². The van der Waals surface area contributed by atoms with Gasteiger partial charge in [0.05, 0.1) is 0 Å². The van der Waals surface area contributed by atoms with Gasteiger partial charge in [-0.3, -0.25) is 0 Å². The monoisotopic (exact) mass is 194 g/mol. The Labute approximate surface area is 100 Å². The van der Waals surface area contributed by atoms with Crippen LogP contribution in [0.25, 0.3) is 0 Å². The summed E-state index contributed by atoms with van der Waals surface area (Å²) in [6, 6.07) is 8.26. The Morgan fingerprint density at radius 1 is 1.25 bits per heavy atom. The summed E-state index contributed by atoms with van der Waals surface area (Å²) in [5.41, 5.74) is 0.403. The van der Waals surface area contributed by atoms with E-state index in [9.17, 15) is 4.79 Å². The second kappa shape index (κ2) is 5.54. The molecule has 0 aliphatic heterocycles. The van der Waals surface area contributed by atoms with Crippen molar-refractivity contribution in [1.82, 2.24) is 0 Å². The van der Waals surface area contributed by atoms with Crippen molar-refractivity contribution >= 4 is 43.7 Å². The summed E-state index contributed by atoms with van der Waals surface area (Å²) in [4.78, 5) is 10.2. The van der Waals surface area contributed by atoms with Crippen LogP contribution in [-0.2, 0) is 4.79 Å². The molecule has 0 aliphatic rings. The van der Waals surface area contributed by atoms with Gasteiger partial charge in [-0.15, -0.1) is 0 Å². The average Bonchev–Trinajstić information content (AvgIpc) is 2.05. The van der Waals surface area contributed by atoms with Crippen molar-refractivity contribution in [3.05, 3.63) is 35.9 Å². The molecule has 62 valence electrons. The Hall–Kier alpha value is -0.0903. The van der Waals surface area contributed by atoms with Gasteiger partial charge < -0.3 is 10.2 Å². The fourth-order valence-electron chi connectivity index (χ4n) is 0.778. The molecule has 0 saturated heterocycles. The number of hydrogen-bond acceptors (Lipinski definition) is 2. The van der Waals surface area contributed by atoms with Crippen molar-refractivity contribution in [2.45, 2.75) is 6.10 Å². The molecular formula is C8H10CaO3. The van der Waals surface area contributed by atoms with Crippen LogP contribution in [0.15, 0.2) is 30.3 Å². The molecule has 1 aromatic rings. The first kappa shape index (κ1) is 11.9. The number of hydrogen-bond donors (Lipinski definition) is 2. The van der Waals surface area contributed by atoms with E-state index in [0.717, 1.165) is 0 Å².